The first-order valence-electron chi connectivity index (χ1n) is 10.2. The first kappa shape index (κ1) is 26.0. The molecule has 2 aromatic carbocycles. The van der Waals surface area contributed by atoms with Gasteiger partial charge in [-0.3, -0.25) is 0 Å². The molecule has 2 aromatic rings. The van der Waals surface area contributed by atoms with Crippen LogP contribution in [0.1, 0.15) is 31.4 Å². The van der Waals surface area contributed by atoms with E-state index in [2.05, 4.69) is 48.7 Å². The van der Waals surface area contributed by atoms with Crippen molar-refractivity contribution in [1.82, 2.24) is 10.6 Å². The Hall–Kier alpha value is -2.00. The molecule has 0 aliphatic heterocycles. The van der Waals surface area contributed by atoms with Crippen molar-refractivity contribution in [2.24, 2.45) is 4.99 Å². The smallest absolute Gasteiger partial charge is 0.191 e. The molecule has 7 heteroatoms. The molecule has 0 spiro atoms. The van der Waals surface area contributed by atoms with Crippen molar-refractivity contribution in [2.45, 2.75) is 39.3 Å². The van der Waals surface area contributed by atoms with E-state index < -0.39 is 0 Å². The second-order valence-corrected chi connectivity index (χ2v) is 6.82. The lowest BCUT2D eigenvalue weighted by atomic mass is 10.1. The van der Waals surface area contributed by atoms with Crippen molar-refractivity contribution in [1.29, 1.82) is 0 Å². The van der Waals surface area contributed by atoms with E-state index in [4.69, 9.17) is 19.6 Å². The van der Waals surface area contributed by atoms with Crippen LogP contribution in [0.5, 0.6) is 11.5 Å². The summed E-state index contributed by atoms with van der Waals surface area (Å²) in [4.78, 5) is 4.70. The lowest BCUT2D eigenvalue weighted by Gasteiger charge is -2.18. The highest BCUT2D eigenvalue weighted by Gasteiger charge is 2.08. The van der Waals surface area contributed by atoms with Gasteiger partial charge in [-0.15, -0.1) is 24.0 Å². The molecule has 1 atom stereocenters. The first-order valence-corrected chi connectivity index (χ1v) is 10.2. The maximum absolute atomic E-state index is 8.92. The summed E-state index contributed by atoms with van der Waals surface area (Å²) in [6, 6.07) is 16.5. The molecule has 0 saturated carbocycles. The van der Waals surface area contributed by atoms with Crippen LogP contribution in [0.25, 0.3) is 0 Å². The minimum atomic E-state index is -0.0324. The van der Waals surface area contributed by atoms with Crippen LogP contribution in [-0.2, 0) is 13.0 Å². The Kier molecular flexibility index (Phi) is 12.9. The van der Waals surface area contributed by atoms with E-state index in [9.17, 15) is 0 Å². The monoisotopic (exact) mass is 527 g/mol. The number of aliphatic hydroxyl groups is 1. The molecule has 30 heavy (non-hydrogen) atoms. The highest BCUT2D eigenvalue weighted by atomic mass is 127. The second kappa shape index (κ2) is 14.9. The average Bonchev–Trinajstić information content (AvgIpc) is 2.75. The number of hydrogen-bond donors (Lipinski definition) is 3. The SMILES string of the molecule is CCNC(=NCc1ccc(OCCO)c(OC)c1)NC(C)CCc1ccccc1.I. The fourth-order valence-corrected chi connectivity index (χ4v) is 2.91. The van der Waals surface area contributed by atoms with Crippen molar-refractivity contribution in [3.63, 3.8) is 0 Å². The van der Waals surface area contributed by atoms with Crippen LogP contribution in [0.4, 0.5) is 0 Å². The maximum atomic E-state index is 8.92. The molecule has 6 nitrogen and oxygen atoms in total. The third-order valence-electron chi connectivity index (χ3n) is 4.43. The van der Waals surface area contributed by atoms with Gasteiger partial charge in [-0.2, -0.15) is 0 Å². The number of rotatable bonds is 11. The summed E-state index contributed by atoms with van der Waals surface area (Å²) < 4.78 is 10.9. The van der Waals surface area contributed by atoms with E-state index in [0.29, 0.717) is 24.1 Å². The van der Waals surface area contributed by atoms with Crippen molar-refractivity contribution >= 4 is 29.9 Å². The molecule has 0 aliphatic rings. The zero-order valence-electron chi connectivity index (χ0n) is 18.1. The van der Waals surface area contributed by atoms with E-state index >= 15 is 0 Å². The molecule has 0 aliphatic carbocycles. The zero-order valence-corrected chi connectivity index (χ0v) is 20.4. The molecular weight excluding hydrogens is 493 g/mol. The molecule has 0 fully saturated rings. The Bertz CT molecular complexity index is 757. The Labute approximate surface area is 197 Å². The number of guanidine groups is 1. The zero-order chi connectivity index (χ0) is 20.9. The van der Waals surface area contributed by atoms with Gasteiger partial charge in [0, 0.05) is 12.6 Å². The predicted molar refractivity (Wildman–Crippen MR) is 133 cm³/mol. The molecule has 0 aromatic heterocycles. The van der Waals surface area contributed by atoms with E-state index in [1.54, 1.807) is 7.11 Å². The molecule has 3 N–H and O–H groups in total. The Balaban J connectivity index is 0.00000450. The molecule has 0 bridgehead atoms. The standard InChI is InChI=1S/C23H33N3O3.HI/c1-4-24-23(26-18(2)10-11-19-8-6-5-7-9-19)25-17-20-12-13-21(29-15-14-27)22(16-20)28-3;/h5-9,12-13,16,18,27H,4,10-11,14-15,17H2,1-3H3,(H2,24,25,26);1H. The summed E-state index contributed by atoms with van der Waals surface area (Å²) in [6.07, 6.45) is 2.06. The topological polar surface area (TPSA) is 75.1 Å². The van der Waals surface area contributed by atoms with Gasteiger partial charge in [0.1, 0.15) is 6.61 Å². The van der Waals surface area contributed by atoms with Crippen molar-refractivity contribution in [3.8, 4) is 11.5 Å². The largest absolute Gasteiger partial charge is 0.493 e. The molecule has 1 unspecified atom stereocenters. The van der Waals surface area contributed by atoms with E-state index in [0.717, 1.165) is 30.9 Å². The van der Waals surface area contributed by atoms with Gasteiger partial charge < -0.3 is 25.2 Å². The van der Waals surface area contributed by atoms with Crippen LogP contribution in [0.3, 0.4) is 0 Å². The summed E-state index contributed by atoms with van der Waals surface area (Å²) >= 11 is 0. The van der Waals surface area contributed by atoms with Gasteiger partial charge in [-0.25, -0.2) is 4.99 Å². The van der Waals surface area contributed by atoms with E-state index in [1.807, 2.05) is 24.3 Å². The number of aryl methyl sites for hydroxylation is 1. The van der Waals surface area contributed by atoms with Crippen molar-refractivity contribution in [3.05, 3.63) is 59.7 Å². The minimum Gasteiger partial charge on any atom is -0.493 e. The first-order chi connectivity index (χ1) is 14.2. The third-order valence-corrected chi connectivity index (χ3v) is 4.43. The minimum absolute atomic E-state index is 0. The van der Waals surface area contributed by atoms with Gasteiger partial charge in [0.2, 0.25) is 0 Å². The molecule has 166 valence electrons. The number of halogens is 1. The van der Waals surface area contributed by atoms with Gasteiger partial charge in [0.15, 0.2) is 17.5 Å². The van der Waals surface area contributed by atoms with Crippen LogP contribution < -0.4 is 20.1 Å². The maximum Gasteiger partial charge on any atom is 0.191 e. The predicted octanol–water partition coefficient (Wildman–Crippen LogP) is 3.76. The number of benzene rings is 2. The van der Waals surface area contributed by atoms with Crippen molar-refractivity contribution < 1.29 is 14.6 Å². The fraction of sp³-hybridized carbons (Fsp3) is 0.435. The summed E-state index contributed by atoms with van der Waals surface area (Å²) in [7, 11) is 1.61. The number of aliphatic imine (C=N–C) groups is 1. The molecule has 2 rings (SSSR count). The lowest BCUT2D eigenvalue weighted by molar-refractivity contribution is 0.196. The van der Waals surface area contributed by atoms with Crippen molar-refractivity contribution in [2.75, 3.05) is 26.9 Å². The van der Waals surface area contributed by atoms with Crippen LogP contribution in [0, 0.1) is 0 Å². The van der Waals surface area contributed by atoms with E-state index in [-0.39, 0.29) is 37.2 Å². The van der Waals surface area contributed by atoms with Gasteiger partial charge in [0.25, 0.3) is 0 Å². The Morgan fingerprint density at radius 3 is 2.53 bits per heavy atom. The van der Waals surface area contributed by atoms with E-state index in [1.165, 1.54) is 5.56 Å². The summed E-state index contributed by atoms with van der Waals surface area (Å²) in [5.41, 5.74) is 2.37. The van der Waals surface area contributed by atoms with Crippen LogP contribution in [0.2, 0.25) is 0 Å². The summed E-state index contributed by atoms with van der Waals surface area (Å²) in [6.45, 7) is 5.76. The second-order valence-electron chi connectivity index (χ2n) is 6.82. The lowest BCUT2D eigenvalue weighted by Crippen LogP contribution is -2.42. The quantitative estimate of drug-likeness (QED) is 0.236. The average molecular weight is 527 g/mol. The highest BCUT2D eigenvalue weighted by Crippen LogP contribution is 2.28. The van der Waals surface area contributed by atoms with Crippen LogP contribution >= 0.6 is 24.0 Å². The molecular formula is C23H34IN3O3. The van der Waals surface area contributed by atoms with Gasteiger partial charge in [-0.1, -0.05) is 36.4 Å². The highest BCUT2D eigenvalue weighted by molar-refractivity contribution is 14.0. The molecule has 0 heterocycles. The Morgan fingerprint density at radius 2 is 1.87 bits per heavy atom. The number of nitrogens with zero attached hydrogens (tertiary/aromatic N) is 1. The molecule has 0 amide bonds. The number of methoxy groups -OCH3 is 1. The Morgan fingerprint density at radius 1 is 1.10 bits per heavy atom. The number of aliphatic hydroxyl groups excluding tert-OH is 1. The summed E-state index contributed by atoms with van der Waals surface area (Å²) in [5.74, 6) is 2.06. The fourth-order valence-electron chi connectivity index (χ4n) is 2.91. The van der Waals surface area contributed by atoms with Gasteiger partial charge in [-0.05, 0) is 49.9 Å². The number of nitrogens with one attached hydrogen (secondary N) is 2. The third kappa shape index (κ3) is 9.21. The van der Waals surface area contributed by atoms with Gasteiger partial charge in [0.05, 0.1) is 20.3 Å². The molecule has 0 saturated heterocycles. The van der Waals surface area contributed by atoms with Crippen LogP contribution in [0.15, 0.2) is 53.5 Å². The number of ether oxygens (including phenoxy) is 2. The normalized spacial score (nSPS) is 11.9. The number of hydrogen-bond acceptors (Lipinski definition) is 4. The summed E-state index contributed by atoms with van der Waals surface area (Å²) in [5, 5.41) is 15.7. The van der Waals surface area contributed by atoms with Gasteiger partial charge >= 0.3 is 0 Å². The van der Waals surface area contributed by atoms with Crippen LogP contribution in [-0.4, -0.2) is 44.0 Å². The molecule has 0 radical (unpaired) electrons.